The Balaban J connectivity index is 1.43. The van der Waals surface area contributed by atoms with Crippen LogP contribution in [-0.2, 0) is 6.42 Å². The number of pyridine rings is 1. The molecule has 3 aromatic rings. The molecule has 0 unspecified atom stereocenters. The molecule has 1 aromatic carbocycles. The molecule has 8 nitrogen and oxygen atoms in total. The molecule has 0 saturated carbocycles. The van der Waals surface area contributed by atoms with Gasteiger partial charge < -0.3 is 19.1 Å². The van der Waals surface area contributed by atoms with Gasteiger partial charge in [-0.1, -0.05) is 17.3 Å². The highest BCUT2D eigenvalue weighted by molar-refractivity contribution is 5.92. The van der Waals surface area contributed by atoms with Gasteiger partial charge in [-0.3, -0.25) is 9.78 Å². The van der Waals surface area contributed by atoms with Gasteiger partial charge in [0.05, 0.1) is 13.5 Å². The van der Waals surface area contributed by atoms with Crippen molar-refractivity contribution in [2.45, 2.75) is 6.42 Å². The maximum absolute atomic E-state index is 12.6. The van der Waals surface area contributed by atoms with Crippen molar-refractivity contribution in [1.82, 2.24) is 24.9 Å². The van der Waals surface area contributed by atoms with Gasteiger partial charge in [-0.15, -0.1) is 0 Å². The number of hydrogen-bond donors (Lipinski definition) is 0. The summed E-state index contributed by atoms with van der Waals surface area (Å²) < 4.78 is 10.6. The van der Waals surface area contributed by atoms with Gasteiger partial charge in [0.1, 0.15) is 11.4 Å². The molecule has 1 aliphatic rings. The van der Waals surface area contributed by atoms with Gasteiger partial charge in [-0.2, -0.15) is 4.98 Å². The highest BCUT2D eigenvalue weighted by Gasteiger charge is 2.21. The predicted octanol–water partition coefficient (Wildman–Crippen LogP) is 2.12. The molecule has 150 valence electrons. The van der Waals surface area contributed by atoms with Crippen LogP contribution in [0.15, 0.2) is 47.1 Å². The second-order valence-electron chi connectivity index (χ2n) is 7.07. The molecule has 3 heterocycles. The zero-order chi connectivity index (χ0) is 20.2. The molecule has 4 rings (SSSR count). The molecular weight excluding hydrogens is 370 g/mol. The second-order valence-corrected chi connectivity index (χ2v) is 7.07. The molecule has 0 spiro atoms. The van der Waals surface area contributed by atoms with Crippen LogP contribution in [0.25, 0.3) is 11.4 Å². The number of amides is 1. The third-order valence-electron chi connectivity index (χ3n) is 4.99. The molecule has 0 radical (unpaired) electrons. The molecule has 1 amide bonds. The average molecular weight is 393 g/mol. The number of aromatic nitrogens is 3. The number of ether oxygens (including phenoxy) is 1. The van der Waals surface area contributed by atoms with E-state index < -0.39 is 0 Å². The Morgan fingerprint density at radius 1 is 1.17 bits per heavy atom. The maximum Gasteiger partial charge on any atom is 0.272 e. The number of likely N-dealkylation sites (N-methyl/N-ethyl adjacent to an activating group) is 1. The van der Waals surface area contributed by atoms with Crippen LogP contribution < -0.4 is 4.74 Å². The largest absolute Gasteiger partial charge is 0.497 e. The second kappa shape index (κ2) is 8.40. The Hall–Kier alpha value is -3.26. The summed E-state index contributed by atoms with van der Waals surface area (Å²) in [6.07, 6.45) is 2.13. The number of nitrogens with zero attached hydrogens (tertiary/aromatic N) is 5. The van der Waals surface area contributed by atoms with Gasteiger partial charge in [0, 0.05) is 37.9 Å². The van der Waals surface area contributed by atoms with Crippen LogP contribution in [-0.4, -0.2) is 71.2 Å². The van der Waals surface area contributed by atoms with Crippen LogP contribution in [0.3, 0.4) is 0 Å². The van der Waals surface area contributed by atoms with Crippen molar-refractivity contribution in [3.63, 3.8) is 0 Å². The molecule has 0 atom stereocenters. The Kier molecular flexibility index (Phi) is 5.53. The third kappa shape index (κ3) is 4.43. The molecular formula is C21H23N5O3. The van der Waals surface area contributed by atoms with Crippen molar-refractivity contribution in [2.75, 3.05) is 40.3 Å². The summed E-state index contributed by atoms with van der Waals surface area (Å²) in [5.74, 6) is 1.70. The van der Waals surface area contributed by atoms with E-state index in [9.17, 15) is 4.79 Å². The van der Waals surface area contributed by atoms with Crippen LogP contribution in [0, 0.1) is 0 Å². The lowest BCUT2D eigenvalue weighted by atomic mass is 10.1. The molecule has 1 saturated heterocycles. The van der Waals surface area contributed by atoms with Gasteiger partial charge in [0.25, 0.3) is 5.91 Å². The summed E-state index contributed by atoms with van der Waals surface area (Å²) in [4.78, 5) is 25.4. The average Bonchev–Trinajstić information content (AvgIpc) is 3.22. The molecule has 0 bridgehead atoms. The van der Waals surface area contributed by atoms with Crippen LogP contribution in [0.2, 0.25) is 0 Å². The number of piperazine rings is 1. The fraction of sp³-hybridized carbons (Fsp3) is 0.333. The normalized spacial score (nSPS) is 14.8. The third-order valence-corrected chi connectivity index (χ3v) is 4.99. The van der Waals surface area contributed by atoms with E-state index in [2.05, 4.69) is 27.1 Å². The van der Waals surface area contributed by atoms with E-state index in [0.717, 1.165) is 37.5 Å². The van der Waals surface area contributed by atoms with Crippen molar-refractivity contribution >= 4 is 5.91 Å². The molecule has 2 aromatic heterocycles. The van der Waals surface area contributed by atoms with Gasteiger partial charge in [-0.25, -0.2) is 0 Å². The first-order chi connectivity index (χ1) is 14.1. The lowest BCUT2D eigenvalue weighted by Crippen LogP contribution is -2.47. The molecule has 0 aliphatic carbocycles. The van der Waals surface area contributed by atoms with E-state index in [1.54, 1.807) is 25.4 Å². The Bertz CT molecular complexity index is 978. The Morgan fingerprint density at radius 2 is 2.00 bits per heavy atom. The zero-order valence-corrected chi connectivity index (χ0v) is 16.5. The summed E-state index contributed by atoms with van der Waals surface area (Å²) in [6, 6.07) is 11.2. The summed E-state index contributed by atoms with van der Waals surface area (Å²) >= 11 is 0. The molecule has 29 heavy (non-hydrogen) atoms. The fourth-order valence-corrected chi connectivity index (χ4v) is 3.23. The minimum absolute atomic E-state index is 0.0449. The number of benzene rings is 1. The summed E-state index contributed by atoms with van der Waals surface area (Å²) in [7, 11) is 3.69. The number of carbonyl (C=O) groups is 1. The summed E-state index contributed by atoms with van der Waals surface area (Å²) in [6.45, 7) is 3.19. The number of rotatable bonds is 5. The lowest BCUT2D eigenvalue weighted by Gasteiger charge is -2.32. The van der Waals surface area contributed by atoms with Crippen LogP contribution in [0.4, 0.5) is 0 Å². The summed E-state index contributed by atoms with van der Waals surface area (Å²) in [5.41, 5.74) is 2.16. The Morgan fingerprint density at radius 3 is 2.72 bits per heavy atom. The number of carbonyl (C=O) groups excluding carboxylic acids is 1. The zero-order valence-electron chi connectivity index (χ0n) is 16.5. The first kappa shape index (κ1) is 19.1. The fourth-order valence-electron chi connectivity index (χ4n) is 3.23. The maximum atomic E-state index is 12.6. The van der Waals surface area contributed by atoms with E-state index in [1.165, 1.54) is 0 Å². The SMILES string of the molecule is COc1cccc(Cc2nc(-c3ccc(C(=O)N4CCN(C)CC4)nc3)no2)c1. The van der Waals surface area contributed by atoms with E-state index >= 15 is 0 Å². The van der Waals surface area contributed by atoms with Crippen LogP contribution in [0.5, 0.6) is 5.75 Å². The standard InChI is InChI=1S/C21H23N5O3/c1-25-8-10-26(11-9-25)21(27)18-7-6-16(14-22-18)20-23-19(29-24-20)13-15-4-3-5-17(12-15)28-2/h3-7,12,14H,8-11,13H2,1-2H3. The molecule has 8 heteroatoms. The first-order valence-corrected chi connectivity index (χ1v) is 9.52. The van der Waals surface area contributed by atoms with Crippen molar-refractivity contribution < 1.29 is 14.1 Å². The van der Waals surface area contributed by atoms with Crippen molar-refractivity contribution in [1.29, 1.82) is 0 Å². The topological polar surface area (TPSA) is 84.6 Å². The van der Waals surface area contributed by atoms with E-state index in [0.29, 0.717) is 29.4 Å². The van der Waals surface area contributed by atoms with E-state index in [4.69, 9.17) is 9.26 Å². The molecule has 0 N–H and O–H groups in total. The highest BCUT2D eigenvalue weighted by atomic mass is 16.5. The van der Waals surface area contributed by atoms with Crippen molar-refractivity contribution in [3.05, 3.63) is 59.7 Å². The number of methoxy groups -OCH3 is 1. The van der Waals surface area contributed by atoms with E-state index in [-0.39, 0.29) is 5.91 Å². The van der Waals surface area contributed by atoms with Crippen LogP contribution in [0.1, 0.15) is 21.9 Å². The van der Waals surface area contributed by atoms with Gasteiger partial charge in [0.15, 0.2) is 0 Å². The lowest BCUT2D eigenvalue weighted by molar-refractivity contribution is 0.0658. The monoisotopic (exact) mass is 393 g/mol. The van der Waals surface area contributed by atoms with Crippen molar-refractivity contribution in [3.8, 4) is 17.1 Å². The first-order valence-electron chi connectivity index (χ1n) is 9.52. The minimum Gasteiger partial charge on any atom is -0.497 e. The molecule has 1 fully saturated rings. The quantitative estimate of drug-likeness (QED) is 0.656. The predicted molar refractivity (Wildman–Crippen MR) is 107 cm³/mol. The van der Waals surface area contributed by atoms with E-state index in [1.807, 2.05) is 29.2 Å². The van der Waals surface area contributed by atoms with Gasteiger partial charge in [-0.05, 0) is 36.9 Å². The van der Waals surface area contributed by atoms with Crippen molar-refractivity contribution in [2.24, 2.45) is 0 Å². The highest BCUT2D eigenvalue weighted by Crippen LogP contribution is 2.19. The smallest absolute Gasteiger partial charge is 0.272 e. The van der Waals surface area contributed by atoms with Gasteiger partial charge in [0.2, 0.25) is 11.7 Å². The van der Waals surface area contributed by atoms with Gasteiger partial charge >= 0.3 is 0 Å². The Labute approximate surface area is 169 Å². The minimum atomic E-state index is -0.0449. The van der Waals surface area contributed by atoms with Crippen LogP contribution >= 0.6 is 0 Å². The summed E-state index contributed by atoms with van der Waals surface area (Å²) in [5, 5.41) is 4.04. The molecule has 1 aliphatic heterocycles. The number of hydrogen-bond acceptors (Lipinski definition) is 7.